The van der Waals surface area contributed by atoms with Gasteiger partial charge in [-0.2, -0.15) is 11.8 Å². The Morgan fingerprint density at radius 3 is 2.94 bits per heavy atom. The summed E-state index contributed by atoms with van der Waals surface area (Å²) in [6, 6.07) is 5.58. The molecule has 4 heteroatoms. The van der Waals surface area contributed by atoms with Crippen molar-refractivity contribution in [1.29, 1.82) is 0 Å². The molecule has 0 radical (unpaired) electrons. The van der Waals surface area contributed by atoms with Crippen LogP contribution in [0.3, 0.4) is 0 Å². The van der Waals surface area contributed by atoms with Crippen molar-refractivity contribution in [1.82, 2.24) is 5.32 Å². The number of hydrogen-bond donors (Lipinski definition) is 1. The monoisotopic (exact) mass is 317 g/mol. The highest BCUT2D eigenvalue weighted by molar-refractivity contribution is 9.10. The molecule has 1 nitrogen and oxygen atoms in total. The highest BCUT2D eigenvalue weighted by Crippen LogP contribution is 2.30. The SMILES string of the molecule is CNC(Cc1cc(F)cc(Br)c1)C1CCCS1. The lowest BCUT2D eigenvalue weighted by atomic mass is 10.0. The summed E-state index contributed by atoms with van der Waals surface area (Å²) in [5.74, 6) is 1.10. The fraction of sp³-hybridized carbons (Fsp3) is 0.538. The molecule has 1 N–H and O–H groups in total. The zero-order chi connectivity index (χ0) is 12.3. The highest BCUT2D eigenvalue weighted by Gasteiger charge is 2.24. The van der Waals surface area contributed by atoms with Gasteiger partial charge in [-0.05, 0) is 55.8 Å². The maximum absolute atomic E-state index is 13.3. The molecule has 0 bridgehead atoms. The van der Waals surface area contributed by atoms with Gasteiger partial charge in [0.05, 0.1) is 0 Å². The molecule has 1 aromatic rings. The molecule has 1 aromatic carbocycles. The van der Waals surface area contributed by atoms with E-state index >= 15 is 0 Å². The van der Waals surface area contributed by atoms with E-state index in [-0.39, 0.29) is 5.82 Å². The van der Waals surface area contributed by atoms with Crippen molar-refractivity contribution >= 4 is 27.7 Å². The molecule has 17 heavy (non-hydrogen) atoms. The van der Waals surface area contributed by atoms with Gasteiger partial charge in [-0.25, -0.2) is 4.39 Å². The van der Waals surface area contributed by atoms with Crippen LogP contribution in [0.4, 0.5) is 4.39 Å². The molecule has 2 rings (SSSR count). The number of likely N-dealkylation sites (N-methyl/N-ethyl adjacent to an activating group) is 1. The average molecular weight is 318 g/mol. The minimum Gasteiger partial charge on any atom is -0.316 e. The summed E-state index contributed by atoms with van der Waals surface area (Å²) < 4.78 is 14.1. The molecule has 1 aliphatic rings. The second kappa shape index (κ2) is 6.21. The number of benzene rings is 1. The van der Waals surface area contributed by atoms with Gasteiger partial charge in [-0.15, -0.1) is 0 Å². The smallest absolute Gasteiger partial charge is 0.124 e. The molecular formula is C13H17BrFNS. The predicted molar refractivity (Wildman–Crippen MR) is 76.1 cm³/mol. The molecule has 0 saturated carbocycles. The van der Waals surface area contributed by atoms with Crippen molar-refractivity contribution in [2.75, 3.05) is 12.8 Å². The Morgan fingerprint density at radius 2 is 2.35 bits per heavy atom. The van der Waals surface area contributed by atoms with Crippen LogP contribution in [-0.2, 0) is 6.42 Å². The summed E-state index contributed by atoms with van der Waals surface area (Å²) in [6.07, 6.45) is 3.47. The Balaban J connectivity index is 2.06. The number of halogens is 2. The lowest BCUT2D eigenvalue weighted by Gasteiger charge is -2.22. The Kier molecular flexibility index (Phi) is 4.88. The number of rotatable bonds is 4. The van der Waals surface area contributed by atoms with E-state index in [1.54, 1.807) is 6.07 Å². The van der Waals surface area contributed by atoms with Crippen LogP contribution in [0.5, 0.6) is 0 Å². The van der Waals surface area contributed by atoms with Gasteiger partial charge >= 0.3 is 0 Å². The van der Waals surface area contributed by atoms with Gasteiger partial charge < -0.3 is 5.32 Å². The van der Waals surface area contributed by atoms with Gasteiger partial charge in [0, 0.05) is 15.8 Å². The third kappa shape index (κ3) is 3.70. The molecule has 0 aliphatic carbocycles. The molecule has 2 atom stereocenters. The summed E-state index contributed by atoms with van der Waals surface area (Å²) in [6.45, 7) is 0. The first kappa shape index (κ1) is 13.4. The van der Waals surface area contributed by atoms with Crippen LogP contribution in [-0.4, -0.2) is 24.1 Å². The zero-order valence-electron chi connectivity index (χ0n) is 9.88. The van der Waals surface area contributed by atoms with Crippen LogP contribution >= 0.6 is 27.7 Å². The van der Waals surface area contributed by atoms with Crippen LogP contribution in [0.2, 0.25) is 0 Å². The molecule has 1 aliphatic heterocycles. The average Bonchev–Trinajstić information content (AvgIpc) is 2.77. The standard InChI is InChI=1S/C13H17BrFNS/c1-16-12(13-3-2-4-17-13)7-9-5-10(14)8-11(15)6-9/h5-6,8,12-13,16H,2-4,7H2,1H3. The van der Waals surface area contributed by atoms with Crippen molar-refractivity contribution in [3.63, 3.8) is 0 Å². The van der Waals surface area contributed by atoms with E-state index in [0.717, 1.165) is 16.5 Å². The van der Waals surface area contributed by atoms with Crippen LogP contribution < -0.4 is 5.32 Å². The third-order valence-electron chi connectivity index (χ3n) is 3.16. The summed E-state index contributed by atoms with van der Waals surface area (Å²) >= 11 is 5.38. The number of nitrogens with one attached hydrogen (secondary N) is 1. The van der Waals surface area contributed by atoms with Crippen molar-refractivity contribution < 1.29 is 4.39 Å². The van der Waals surface area contributed by atoms with Gasteiger partial charge in [-0.3, -0.25) is 0 Å². The molecule has 0 aromatic heterocycles. The van der Waals surface area contributed by atoms with Crippen molar-refractivity contribution in [2.45, 2.75) is 30.6 Å². The predicted octanol–water partition coefficient (Wildman–Crippen LogP) is 3.61. The number of thioether (sulfide) groups is 1. The molecule has 1 saturated heterocycles. The van der Waals surface area contributed by atoms with Crippen LogP contribution in [0.15, 0.2) is 22.7 Å². The van der Waals surface area contributed by atoms with Gasteiger partial charge in [0.25, 0.3) is 0 Å². The van der Waals surface area contributed by atoms with Crippen LogP contribution in [0.25, 0.3) is 0 Å². The lowest BCUT2D eigenvalue weighted by Crippen LogP contribution is -2.36. The minimum absolute atomic E-state index is 0.164. The molecule has 1 fully saturated rings. The fourth-order valence-corrected chi connectivity index (χ4v) is 4.27. The van der Waals surface area contributed by atoms with Crippen molar-refractivity contribution in [3.8, 4) is 0 Å². The summed E-state index contributed by atoms with van der Waals surface area (Å²) in [5.41, 5.74) is 1.06. The lowest BCUT2D eigenvalue weighted by molar-refractivity contribution is 0.522. The van der Waals surface area contributed by atoms with Crippen LogP contribution in [0, 0.1) is 5.82 Å². The Morgan fingerprint density at radius 1 is 1.53 bits per heavy atom. The van der Waals surface area contributed by atoms with E-state index in [0.29, 0.717) is 11.3 Å². The second-order valence-electron chi connectivity index (χ2n) is 4.43. The Bertz CT molecular complexity index is 359. The Hall–Kier alpha value is -0.0600. The first-order valence-electron chi connectivity index (χ1n) is 5.93. The van der Waals surface area contributed by atoms with Gasteiger partial charge in [0.2, 0.25) is 0 Å². The van der Waals surface area contributed by atoms with E-state index in [1.807, 2.05) is 24.9 Å². The summed E-state index contributed by atoms with van der Waals surface area (Å²) in [4.78, 5) is 0. The first-order valence-corrected chi connectivity index (χ1v) is 7.77. The minimum atomic E-state index is -0.164. The second-order valence-corrected chi connectivity index (χ2v) is 6.69. The van der Waals surface area contributed by atoms with Gasteiger partial charge in [0.1, 0.15) is 5.82 Å². The summed E-state index contributed by atoms with van der Waals surface area (Å²) in [5, 5.41) is 4.04. The highest BCUT2D eigenvalue weighted by atomic mass is 79.9. The molecule has 0 amide bonds. The van der Waals surface area contributed by atoms with E-state index < -0.39 is 0 Å². The van der Waals surface area contributed by atoms with Crippen LogP contribution in [0.1, 0.15) is 18.4 Å². The topological polar surface area (TPSA) is 12.0 Å². The van der Waals surface area contributed by atoms with E-state index in [9.17, 15) is 4.39 Å². The van der Waals surface area contributed by atoms with Gasteiger partial charge in [-0.1, -0.05) is 15.9 Å². The maximum atomic E-state index is 13.3. The maximum Gasteiger partial charge on any atom is 0.124 e. The van der Waals surface area contributed by atoms with E-state index in [1.165, 1.54) is 24.7 Å². The molecular weight excluding hydrogens is 301 g/mol. The van der Waals surface area contributed by atoms with E-state index in [2.05, 4.69) is 21.2 Å². The van der Waals surface area contributed by atoms with Crippen molar-refractivity contribution in [2.24, 2.45) is 0 Å². The molecule has 1 heterocycles. The molecule has 0 spiro atoms. The summed E-state index contributed by atoms with van der Waals surface area (Å²) in [7, 11) is 2.00. The molecule has 94 valence electrons. The fourth-order valence-electron chi connectivity index (χ4n) is 2.32. The number of hydrogen-bond acceptors (Lipinski definition) is 2. The van der Waals surface area contributed by atoms with Gasteiger partial charge in [0.15, 0.2) is 0 Å². The largest absolute Gasteiger partial charge is 0.316 e. The quantitative estimate of drug-likeness (QED) is 0.910. The van der Waals surface area contributed by atoms with E-state index in [4.69, 9.17) is 0 Å². The Labute approximate surface area is 115 Å². The first-order chi connectivity index (χ1) is 8.19. The normalized spacial score (nSPS) is 21.7. The third-order valence-corrected chi connectivity index (χ3v) is 5.14. The zero-order valence-corrected chi connectivity index (χ0v) is 12.3. The van der Waals surface area contributed by atoms with Crippen molar-refractivity contribution in [3.05, 3.63) is 34.1 Å². The molecule has 2 unspecified atom stereocenters.